The molecule has 7 nitrogen and oxygen atoms in total. The van der Waals surface area contributed by atoms with Gasteiger partial charge in [0, 0.05) is 24.9 Å². The van der Waals surface area contributed by atoms with Gasteiger partial charge in [0.15, 0.2) is 0 Å². The fourth-order valence-corrected chi connectivity index (χ4v) is 3.28. The number of amides is 1. The highest BCUT2D eigenvalue weighted by molar-refractivity contribution is 7.90. The average Bonchev–Trinajstić information content (AvgIpc) is 2.55. The van der Waals surface area contributed by atoms with Crippen molar-refractivity contribution in [3.63, 3.8) is 0 Å². The second-order valence-corrected chi connectivity index (χ2v) is 6.51. The Morgan fingerprint density at radius 2 is 1.91 bits per heavy atom. The molecule has 3 rings (SSSR count). The molecule has 1 aliphatic heterocycles. The first-order chi connectivity index (χ1) is 11.1. The molecule has 0 fully saturated rings. The average molecular weight is 330 g/mol. The zero-order valence-electron chi connectivity index (χ0n) is 12.1. The van der Waals surface area contributed by atoms with Crippen LogP contribution in [0.1, 0.15) is 5.69 Å². The third-order valence-electron chi connectivity index (χ3n) is 3.23. The van der Waals surface area contributed by atoms with Crippen molar-refractivity contribution in [1.82, 2.24) is 15.0 Å². The molecular formula is C15H14N4O3S. The van der Waals surface area contributed by atoms with Crippen LogP contribution in [0.3, 0.4) is 0 Å². The van der Waals surface area contributed by atoms with Gasteiger partial charge < -0.3 is 5.32 Å². The molecule has 0 saturated carbocycles. The Labute approximate surface area is 133 Å². The maximum atomic E-state index is 12.1. The Bertz CT molecular complexity index is 863. The van der Waals surface area contributed by atoms with Crippen LogP contribution >= 0.6 is 0 Å². The lowest BCUT2D eigenvalue weighted by Crippen LogP contribution is -2.44. The number of aliphatic imine (C=N–C) groups is 1. The second-order valence-electron chi connectivity index (χ2n) is 4.86. The molecule has 0 bridgehead atoms. The first-order valence-electron chi connectivity index (χ1n) is 6.95. The number of pyridine rings is 1. The first-order valence-corrected chi connectivity index (χ1v) is 8.43. The second kappa shape index (κ2) is 6.17. The maximum absolute atomic E-state index is 12.1. The quantitative estimate of drug-likeness (QED) is 0.864. The van der Waals surface area contributed by atoms with E-state index in [0.717, 1.165) is 5.69 Å². The minimum Gasteiger partial charge on any atom is -0.349 e. The molecule has 1 amide bonds. The molecule has 0 radical (unpaired) electrons. The lowest BCUT2D eigenvalue weighted by atomic mass is 10.3. The van der Waals surface area contributed by atoms with Crippen molar-refractivity contribution in [3.8, 4) is 0 Å². The normalized spacial score (nSPS) is 15.0. The summed E-state index contributed by atoms with van der Waals surface area (Å²) in [6.07, 6.45) is 2.22. The summed E-state index contributed by atoms with van der Waals surface area (Å²) in [6.45, 7) is 0.332. The van der Waals surface area contributed by atoms with Gasteiger partial charge in [0.05, 0.1) is 5.69 Å². The van der Waals surface area contributed by atoms with Crippen molar-refractivity contribution in [3.05, 3.63) is 54.4 Å². The number of rotatable bonds is 4. The molecule has 0 aliphatic carbocycles. The summed E-state index contributed by atoms with van der Waals surface area (Å²) in [7, 11) is -3.77. The molecule has 0 saturated heterocycles. The van der Waals surface area contributed by atoms with Crippen LogP contribution in [0.2, 0.25) is 0 Å². The summed E-state index contributed by atoms with van der Waals surface area (Å²) in [5, 5.41) is 2.63. The van der Waals surface area contributed by atoms with Crippen LogP contribution in [0.5, 0.6) is 0 Å². The number of para-hydroxylation sites is 1. The van der Waals surface area contributed by atoms with Crippen LogP contribution < -0.4 is 10.0 Å². The van der Waals surface area contributed by atoms with E-state index < -0.39 is 15.9 Å². The summed E-state index contributed by atoms with van der Waals surface area (Å²) < 4.78 is 26.4. The van der Waals surface area contributed by atoms with Crippen LogP contribution in [0.15, 0.2) is 58.5 Å². The van der Waals surface area contributed by atoms with E-state index in [1.165, 1.54) is 6.07 Å². The number of sulfonamides is 1. The number of carbonyl (C=O) groups is 1. The number of hydrogen-bond donors (Lipinski definition) is 2. The van der Waals surface area contributed by atoms with Gasteiger partial charge in [-0.15, -0.1) is 0 Å². The fourth-order valence-electron chi connectivity index (χ4n) is 2.13. The van der Waals surface area contributed by atoms with Gasteiger partial charge in [0.1, 0.15) is 4.90 Å². The Morgan fingerprint density at radius 1 is 1.13 bits per heavy atom. The molecule has 0 unspecified atom stereocenters. The molecule has 8 heteroatoms. The van der Waals surface area contributed by atoms with Crippen LogP contribution in [0, 0.1) is 0 Å². The van der Waals surface area contributed by atoms with Crippen molar-refractivity contribution in [2.24, 2.45) is 4.99 Å². The van der Waals surface area contributed by atoms with Crippen molar-refractivity contribution in [2.45, 2.75) is 11.3 Å². The minimum absolute atomic E-state index is 0.0602. The number of nitrogens with one attached hydrogen (secondary N) is 2. The Kier molecular flexibility index (Phi) is 4.07. The van der Waals surface area contributed by atoms with Crippen molar-refractivity contribution in [1.29, 1.82) is 0 Å². The van der Waals surface area contributed by atoms with Crippen LogP contribution in [-0.4, -0.2) is 31.7 Å². The Morgan fingerprint density at radius 3 is 2.70 bits per heavy atom. The SMILES string of the molecule is O=C(NCCc1ccccn1)C1=Nc2ccccc2S(=O)(=O)N1. The van der Waals surface area contributed by atoms with Crippen LogP contribution in [0.4, 0.5) is 5.69 Å². The Hall–Kier alpha value is -2.74. The molecular weight excluding hydrogens is 316 g/mol. The zero-order valence-corrected chi connectivity index (χ0v) is 12.9. The topological polar surface area (TPSA) is 101 Å². The number of amidine groups is 1. The summed E-state index contributed by atoms with van der Waals surface area (Å²) in [5.74, 6) is -0.802. The predicted molar refractivity (Wildman–Crippen MR) is 84.8 cm³/mol. The van der Waals surface area contributed by atoms with E-state index in [2.05, 4.69) is 20.0 Å². The van der Waals surface area contributed by atoms with Gasteiger partial charge >= 0.3 is 0 Å². The number of benzene rings is 1. The molecule has 23 heavy (non-hydrogen) atoms. The minimum atomic E-state index is -3.77. The number of fused-ring (bicyclic) bond motifs is 1. The van der Waals surface area contributed by atoms with E-state index in [4.69, 9.17) is 0 Å². The van der Waals surface area contributed by atoms with E-state index in [1.807, 2.05) is 18.2 Å². The van der Waals surface area contributed by atoms with Gasteiger partial charge in [-0.3, -0.25) is 14.5 Å². The van der Waals surface area contributed by atoms with Gasteiger partial charge in [0.25, 0.3) is 15.9 Å². The molecule has 0 atom stereocenters. The molecule has 1 aliphatic rings. The third kappa shape index (κ3) is 3.37. The van der Waals surface area contributed by atoms with Gasteiger partial charge in [-0.25, -0.2) is 13.4 Å². The van der Waals surface area contributed by atoms with Crippen LogP contribution in [-0.2, 0) is 21.2 Å². The van der Waals surface area contributed by atoms with Crippen molar-refractivity contribution < 1.29 is 13.2 Å². The summed E-state index contributed by atoms with van der Waals surface area (Å²) in [5.41, 5.74) is 1.09. The van der Waals surface area contributed by atoms with Gasteiger partial charge in [-0.05, 0) is 24.3 Å². The number of aromatic nitrogens is 1. The van der Waals surface area contributed by atoms with E-state index in [1.54, 1.807) is 24.4 Å². The molecule has 2 N–H and O–H groups in total. The molecule has 2 heterocycles. The number of hydrogen-bond acceptors (Lipinski definition) is 5. The van der Waals surface area contributed by atoms with Gasteiger partial charge in [-0.2, -0.15) is 0 Å². The fraction of sp³-hybridized carbons (Fsp3) is 0.133. The lowest BCUT2D eigenvalue weighted by molar-refractivity contribution is -0.114. The van der Waals surface area contributed by atoms with E-state index >= 15 is 0 Å². The first kappa shape index (κ1) is 15.2. The maximum Gasteiger partial charge on any atom is 0.287 e. The monoisotopic (exact) mass is 330 g/mol. The lowest BCUT2D eigenvalue weighted by Gasteiger charge is -2.17. The Balaban J connectivity index is 1.70. The predicted octanol–water partition coefficient (Wildman–Crippen LogP) is 0.762. The largest absolute Gasteiger partial charge is 0.349 e. The molecule has 1 aromatic carbocycles. The highest BCUT2D eigenvalue weighted by atomic mass is 32.2. The van der Waals surface area contributed by atoms with Gasteiger partial charge in [-0.1, -0.05) is 18.2 Å². The number of carbonyl (C=O) groups excluding carboxylic acids is 1. The van der Waals surface area contributed by atoms with Crippen LogP contribution in [0.25, 0.3) is 0 Å². The highest BCUT2D eigenvalue weighted by Gasteiger charge is 2.28. The van der Waals surface area contributed by atoms with E-state index in [9.17, 15) is 13.2 Å². The van der Waals surface area contributed by atoms with Gasteiger partial charge in [0.2, 0.25) is 5.84 Å². The summed E-state index contributed by atoms with van der Waals surface area (Å²) in [4.78, 5) is 20.4. The number of nitrogens with zero attached hydrogens (tertiary/aromatic N) is 2. The van der Waals surface area contributed by atoms with Crippen molar-refractivity contribution >= 4 is 27.5 Å². The van der Waals surface area contributed by atoms with Crippen molar-refractivity contribution in [2.75, 3.05) is 6.54 Å². The molecule has 2 aromatic rings. The molecule has 1 aromatic heterocycles. The standard InChI is InChI=1S/C15H14N4O3S/c20-15(17-10-8-11-5-3-4-9-16-11)14-18-12-6-1-2-7-13(12)23(21,22)19-14/h1-7,9H,8,10H2,(H,17,20)(H,18,19). The highest BCUT2D eigenvalue weighted by Crippen LogP contribution is 2.26. The van der Waals surface area contributed by atoms with E-state index in [0.29, 0.717) is 13.0 Å². The molecule has 118 valence electrons. The zero-order chi connectivity index (χ0) is 16.3. The van der Waals surface area contributed by atoms with E-state index in [-0.39, 0.29) is 16.4 Å². The smallest absolute Gasteiger partial charge is 0.287 e. The summed E-state index contributed by atoms with van der Waals surface area (Å²) >= 11 is 0. The molecule has 0 spiro atoms. The summed E-state index contributed by atoms with van der Waals surface area (Å²) in [6, 6.07) is 11.8. The third-order valence-corrected chi connectivity index (χ3v) is 4.61.